The Hall–Kier alpha value is -1.95. The van der Waals surface area contributed by atoms with Crippen molar-refractivity contribution in [3.63, 3.8) is 0 Å². The first-order valence-electron chi connectivity index (χ1n) is 4.29. The molecular formula is C9H13N5O. The Bertz CT molecular complexity index is 388. The number of hydrogen-bond acceptors (Lipinski definition) is 5. The van der Waals surface area contributed by atoms with Gasteiger partial charge in [0.1, 0.15) is 5.75 Å². The Morgan fingerprint density at radius 1 is 1.53 bits per heavy atom. The molecule has 6 nitrogen and oxygen atoms in total. The van der Waals surface area contributed by atoms with E-state index in [0.717, 1.165) is 5.56 Å². The van der Waals surface area contributed by atoms with Gasteiger partial charge in [0.05, 0.1) is 7.11 Å². The van der Waals surface area contributed by atoms with E-state index in [1.54, 1.807) is 25.3 Å². The molecular weight excluding hydrogens is 194 g/mol. The standard InChI is InChI=1S/C9H13N5O/c1-15-8-3-2-6(4-7(8)5-10)9(13-11)14-12/h2-4,11H,5,10,12H2,1H3/b13-11?,14-9-. The van der Waals surface area contributed by atoms with Crippen molar-refractivity contribution in [2.45, 2.75) is 6.54 Å². The summed E-state index contributed by atoms with van der Waals surface area (Å²) >= 11 is 0. The molecule has 0 aliphatic heterocycles. The fraction of sp³-hybridized carbons (Fsp3) is 0.222. The maximum absolute atomic E-state index is 6.88. The molecule has 6 heteroatoms. The normalized spacial score (nSPS) is 11.2. The number of hydrazone groups is 1. The topological polar surface area (TPSA) is 110 Å². The van der Waals surface area contributed by atoms with Crippen LogP contribution in [0.1, 0.15) is 11.1 Å². The van der Waals surface area contributed by atoms with Crippen LogP contribution in [0.2, 0.25) is 0 Å². The number of hydrogen-bond donors (Lipinski definition) is 3. The van der Waals surface area contributed by atoms with Gasteiger partial charge in [-0.15, -0.1) is 5.11 Å². The fourth-order valence-corrected chi connectivity index (χ4v) is 1.25. The van der Waals surface area contributed by atoms with Crippen LogP contribution in [0.3, 0.4) is 0 Å². The molecule has 0 aliphatic rings. The molecule has 0 amide bonds. The number of benzene rings is 1. The summed E-state index contributed by atoms with van der Waals surface area (Å²) in [5.74, 6) is 5.95. The predicted molar refractivity (Wildman–Crippen MR) is 56.8 cm³/mol. The van der Waals surface area contributed by atoms with Crippen LogP contribution in [-0.4, -0.2) is 12.9 Å². The van der Waals surface area contributed by atoms with E-state index in [-0.39, 0.29) is 5.84 Å². The largest absolute Gasteiger partial charge is 0.496 e. The van der Waals surface area contributed by atoms with Gasteiger partial charge < -0.3 is 16.3 Å². The summed E-state index contributed by atoms with van der Waals surface area (Å²) < 4.78 is 5.11. The fourth-order valence-electron chi connectivity index (χ4n) is 1.25. The minimum atomic E-state index is 0.160. The van der Waals surface area contributed by atoms with Crippen LogP contribution < -0.4 is 16.3 Å². The van der Waals surface area contributed by atoms with E-state index in [4.69, 9.17) is 21.8 Å². The molecule has 0 spiro atoms. The van der Waals surface area contributed by atoms with Crippen molar-refractivity contribution in [2.75, 3.05) is 7.11 Å². The lowest BCUT2D eigenvalue weighted by Gasteiger charge is -2.07. The lowest BCUT2D eigenvalue weighted by Crippen LogP contribution is -2.05. The highest BCUT2D eigenvalue weighted by Crippen LogP contribution is 2.19. The highest BCUT2D eigenvalue weighted by molar-refractivity contribution is 5.99. The highest BCUT2D eigenvalue weighted by atomic mass is 16.5. The molecule has 1 aromatic carbocycles. The van der Waals surface area contributed by atoms with Crippen molar-refractivity contribution in [1.29, 1.82) is 5.53 Å². The predicted octanol–water partition coefficient (Wildman–Crippen LogP) is 0.805. The first-order chi connectivity index (χ1) is 7.26. The summed E-state index contributed by atoms with van der Waals surface area (Å²) in [4.78, 5) is 0. The van der Waals surface area contributed by atoms with E-state index in [0.29, 0.717) is 17.9 Å². The van der Waals surface area contributed by atoms with Crippen LogP contribution in [0.5, 0.6) is 5.75 Å². The zero-order valence-corrected chi connectivity index (χ0v) is 8.40. The Labute approximate surface area is 87.4 Å². The zero-order chi connectivity index (χ0) is 11.3. The van der Waals surface area contributed by atoms with E-state index in [9.17, 15) is 0 Å². The maximum atomic E-state index is 6.88. The second-order valence-corrected chi connectivity index (χ2v) is 2.80. The summed E-state index contributed by atoms with van der Waals surface area (Å²) in [7, 11) is 1.57. The quantitative estimate of drug-likeness (QED) is 0.224. The molecule has 80 valence electrons. The van der Waals surface area contributed by atoms with Gasteiger partial charge in [0.2, 0.25) is 0 Å². The van der Waals surface area contributed by atoms with Crippen LogP contribution in [0.25, 0.3) is 0 Å². The zero-order valence-electron chi connectivity index (χ0n) is 8.40. The average molecular weight is 207 g/mol. The van der Waals surface area contributed by atoms with Crippen LogP contribution >= 0.6 is 0 Å². The van der Waals surface area contributed by atoms with E-state index >= 15 is 0 Å². The van der Waals surface area contributed by atoms with Crippen molar-refractivity contribution >= 4 is 5.84 Å². The Morgan fingerprint density at radius 2 is 2.27 bits per heavy atom. The number of nitrogens with zero attached hydrogens (tertiary/aromatic N) is 2. The number of methoxy groups -OCH3 is 1. The third-order valence-corrected chi connectivity index (χ3v) is 1.99. The summed E-state index contributed by atoms with van der Waals surface area (Å²) in [6, 6.07) is 5.22. The number of nitrogens with two attached hydrogens (primary N) is 2. The van der Waals surface area contributed by atoms with Gasteiger partial charge in [0.25, 0.3) is 0 Å². The molecule has 0 saturated carbocycles. The van der Waals surface area contributed by atoms with Gasteiger partial charge in [-0.2, -0.15) is 5.10 Å². The molecule has 5 N–H and O–H groups in total. The molecule has 0 atom stereocenters. The molecule has 0 aliphatic carbocycles. The summed E-state index contributed by atoms with van der Waals surface area (Å²) in [5.41, 5.74) is 13.9. The van der Waals surface area contributed by atoms with Crippen molar-refractivity contribution < 1.29 is 4.74 Å². The van der Waals surface area contributed by atoms with E-state index in [1.807, 2.05) is 0 Å². The first kappa shape index (κ1) is 11.1. The third-order valence-electron chi connectivity index (χ3n) is 1.99. The van der Waals surface area contributed by atoms with E-state index in [1.165, 1.54) is 0 Å². The Kier molecular flexibility index (Phi) is 3.75. The van der Waals surface area contributed by atoms with Crippen molar-refractivity contribution in [1.82, 2.24) is 0 Å². The molecule has 1 aromatic rings. The lowest BCUT2D eigenvalue weighted by atomic mass is 10.1. The molecule has 0 unspecified atom stereocenters. The number of rotatable bonds is 3. The molecule has 15 heavy (non-hydrogen) atoms. The molecule has 0 bridgehead atoms. The third kappa shape index (κ3) is 2.29. The highest BCUT2D eigenvalue weighted by Gasteiger charge is 2.06. The van der Waals surface area contributed by atoms with Gasteiger partial charge in [-0.25, -0.2) is 5.53 Å². The van der Waals surface area contributed by atoms with Gasteiger partial charge in [-0.05, 0) is 18.2 Å². The number of amidine groups is 1. The van der Waals surface area contributed by atoms with Gasteiger partial charge >= 0.3 is 0 Å². The molecule has 0 heterocycles. The molecule has 0 fully saturated rings. The summed E-state index contributed by atoms with van der Waals surface area (Å²) in [6.07, 6.45) is 0. The van der Waals surface area contributed by atoms with Crippen LogP contribution in [0.15, 0.2) is 28.4 Å². The molecule has 0 saturated heterocycles. The molecule has 0 radical (unpaired) electrons. The summed E-state index contributed by atoms with van der Waals surface area (Å²) in [6.45, 7) is 0.340. The average Bonchev–Trinajstić information content (AvgIpc) is 2.30. The smallest absolute Gasteiger partial charge is 0.199 e. The molecule has 1 rings (SSSR count). The number of ether oxygens (including phenoxy) is 1. The van der Waals surface area contributed by atoms with Crippen LogP contribution in [0, 0.1) is 5.53 Å². The summed E-state index contributed by atoms with van der Waals surface area (Å²) in [5, 5.41) is 6.59. The van der Waals surface area contributed by atoms with Gasteiger partial charge in [0, 0.05) is 17.7 Å². The van der Waals surface area contributed by atoms with Crippen LogP contribution in [0.4, 0.5) is 0 Å². The van der Waals surface area contributed by atoms with Gasteiger partial charge in [0.15, 0.2) is 5.84 Å². The maximum Gasteiger partial charge on any atom is 0.199 e. The second-order valence-electron chi connectivity index (χ2n) is 2.80. The van der Waals surface area contributed by atoms with E-state index in [2.05, 4.69) is 10.2 Å². The van der Waals surface area contributed by atoms with Crippen molar-refractivity contribution in [3.05, 3.63) is 29.3 Å². The van der Waals surface area contributed by atoms with Crippen molar-refractivity contribution in [2.24, 2.45) is 21.8 Å². The first-order valence-corrected chi connectivity index (χ1v) is 4.29. The lowest BCUT2D eigenvalue weighted by molar-refractivity contribution is 0.410. The Morgan fingerprint density at radius 3 is 2.73 bits per heavy atom. The van der Waals surface area contributed by atoms with Crippen molar-refractivity contribution in [3.8, 4) is 5.75 Å². The van der Waals surface area contributed by atoms with Crippen LogP contribution in [-0.2, 0) is 6.54 Å². The minimum absolute atomic E-state index is 0.160. The number of nitrogens with one attached hydrogen (secondary N) is 1. The Balaban J connectivity index is 3.18. The molecule has 0 aromatic heterocycles. The second kappa shape index (κ2) is 5.06. The van der Waals surface area contributed by atoms with E-state index < -0.39 is 0 Å². The minimum Gasteiger partial charge on any atom is -0.496 e. The van der Waals surface area contributed by atoms with Gasteiger partial charge in [-0.1, -0.05) is 0 Å². The SMILES string of the molecule is COc1ccc(/C(N=N)=N/N)cc1CN. The monoisotopic (exact) mass is 207 g/mol. The van der Waals surface area contributed by atoms with Gasteiger partial charge in [-0.3, -0.25) is 0 Å².